The van der Waals surface area contributed by atoms with Crippen LogP contribution in [0.15, 0.2) is 0 Å². The van der Waals surface area contributed by atoms with Crippen molar-refractivity contribution in [1.29, 1.82) is 0 Å². The molecule has 106 valence electrons. The van der Waals surface area contributed by atoms with Gasteiger partial charge in [0.05, 0.1) is 18.1 Å². The van der Waals surface area contributed by atoms with Gasteiger partial charge in [-0.2, -0.15) is 0 Å². The second-order valence-electron chi connectivity index (χ2n) is 6.06. The van der Waals surface area contributed by atoms with Gasteiger partial charge in [0.1, 0.15) is 0 Å². The fraction of sp³-hybridized carbons (Fsp3) is 0.929. The molecule has 0 saturated carbocycles. The van der Waals surface area contributed by atoms with E-state index in [1.807, 2.05) is 0 Å². The average Bonchev–Trinajstić information content (AvgIpc) is 2.35. The van der Waals surface area contributed by atoms with Crippen molar-refractivity contribution >= 4 is 5.91 Å². The second-order valence-corrected chi connectivity index (χ2v) is 6.06. The smallest absolute Gasteiger partial charge is 0.225 e. The lowest BCUT2D eigenvalue weighted by molar-refractivity contribution is -0.130. The van der Waals surface area contributed by atoms with Crippen LogP contribution in [0.2, 0.25) is 0 Å². The molecular formula is C14H27NO3. The molecule has 0 aliphatic carbocycles. The van der Waals surface area contributed by atoms with Gasteiger partial charge in [-0.3, -0.25) is 4.79 Å². The number of hydrogen-bond donors (Lipinski definition) is 2. The number of aliphatic hydroxyl groups is 1. The van der Waals surface area contributed by atoms with E-state index in [9.17, 15) is 9.90 Å². The third kappa shape index (κ3) is 5.83. The maximum absolute atomic E-state index is 11.9. The Kier molecular flexibility index (Phi) is 6.09. The quantitative estimate of drug-likeness (QED) is 0.761. The Bertz CT molecular complexity index is 258. The van der Waals surface area contributed by atoms with E-state index in [0.717, 1.165) is 25.9 Å². The van der Waals surface area contributed by atoms with Crippen LogP contribution in [0.25, 0.3) is 0 Å². The minimum absolute atomic E-state index is 0.0134. The van der Waals surface area contributed by atoms with E-state index in [4.69, 9.17) is 4.74 Å². The first kappa shape index (κ1) is 15.4. The van der Waals surface area contributed by atoms with Crippen molar-refractivity contribution in [2.45, 2.75) is 52.1 Å². The van der Waals surface area contributed by atoms with Crippen LogP contribution in [0, 0.1) is 11.8 Å². The number of carbonyl (C=O) groups excluding carboxylic acids is 1. The van der Waals surface area contributed by atoms with Crippen molar-refractivity contribution in [2.24, 2.45) is 11.8 Å². The van der Waals surface area contributed by atoms with Gasteiger partial charge in [-0.15, -0.1) is 0 Å². The summed E-state index contributed by atoms with van der Waals surface area (Å²) in [6.45, 7) is 7.65. The highest BCUT2D eigenvalue weighted by molar-refractivity contribution is 5.78. The molecular weight excluding hydrogens is 230 g/mol. The van der Waals surface area contributed by atoms with Crippen molar-refractivity contribution in [3.63, 3.8) is 0 Å². The Balaban J connectivity index is 2.27. The highest BCUT2D eigenvalue weighted by Crippen LogP contribution is 2.17. The van der Waals surface area contributed by atoms with E-state index in [0.29, 0.717) is 25.5 Å². The highest BCUT2D eigenvalue weighted by atomic mass is 16.5. The fourth-order valence-corrected chi connectivity index (χ4v) is 2.06. The minimum Gasteiger partial charge on any atom is -0.388 e. The lowest BCUT2D eigenvalue weighted by Gasteiger charge is -2.27. The Labute approximate surface area is 110 Å². The first-order valence-electron chi connectivity index (χ1n) is 6.98. The zero-order valence-corrected chi connectivity index (χ0v) is 11.9. The van der Waals surface area contributed by atoms with E-state index in [1.54, 1.807) is 6.92 Å². The van der Waals surface area contributed by atoms with Crippen LogP contribution in [0.1, 0.15) is 46.5 Å². The lowest BCUT2D eigenvalue weighted by Crippen LogP contribution is -2.44. The molecule has 1 saturated heterocycles. The lowest BCUT2D eigenvalue weighted by atomic mass is 9.94. The molecule has 0 bridgehead atoms. The van der Waals surface area contributed by atoms with Gasteiger partial charge in [0.2, 0.25) is 5.91 Å². The minimum atomic E-state index is -0.810. The molecule has 1 heterocycles. The molecule has 1 fully saturated rings. The number of amides is 1. The largest absolute Gasteiger partial charge is 0.388 e. The van der Waals surface area contributed by atoms with Gasteiger partial charge in [0.25, 0.3) is 0 Å². The summed E-state index contributed by atoms with van der Waals surface area (Å²) >= 11 is 0. The number of ether oxygens (including phenoxy) is 1. The van der Waals surface area contributed by atoms with E-state index in [-0.39, 0.29) is 11.8 Å². The monoisotopic (exact) mass is 257 g/mol. The predicted molar refractivity (Wildman–Crippen MR) is 71.2 cm³/mol. The molecule has 2 atom stereocenters. The molecule has 4 nitrogen and oxygen atoms in total. The van der Waals surface area contributed by atoms with Gasteiger partial charge in [0, 0.05) is 13.2 Å². The number of rotatable bonds is 6. The molecule has 1 aliphatic heterocycles. The SMILES string of the molecule is CC(C)CCC(C)(O)CNC(=O)C1CCCOC1. The van der Waals surface area contributed by atoms with Gasteiger partial charge in [0.15, 0.2) is 0 Å². The molecule has 1 aliphatic rings. The van der Waals surface area contributed by atoms with Gasteiger partial charge in [-0.1, -0.05) is 13.8 Å². The zero-order chi connectivity index (χ0) is 13.6. The molecule has 0 radical (unpaired) electrons. The first-order valence-corrected chi connectivity index (χ1v) is 6.98. The maximum Gasteiger partial charge on any atom is 0.225 e. The Morgan fingerprint density at radius 2 is 2.28 bits per heavy atom. The van der Waals surface area contributed by atoms with Crippen molar-refractivity contribution in [3.05, 3.63) is 0 Å². The second kappa shape index (κ2) is 7.10. The topological polar surface area (TPSA) is 58.6 Å². The molecule has 0 aromatic carbocycles. The third-order valence-corrected chi connectivity index (χ3v) is 3.43. The van der Waals surface area contributed by atoms with Gasteiger partial charge >= 0.3 is 0 Å². The van der Waals surface area contributed by atoms with Crippen LogP contribution < -0.4 is 5.32 Å². The summed E-state index contributed by atoms with van der Waals surface area (Å²) in [6, 6.07) is 0. The predicted octanol–water partition coefficient (Wildman–Crippen LogP) is 1.72. The van der Waals surface area contributed by atoms with Gasteiger partial charge in [-0.25, -0.2) is 0 Å². The van der Waals surface area contributed by atoms with Crippen molar-refractivity contribution in [3.8, 4) is 0 Å². The molecule has 18 heavy (non-hydrogen) atoms. The van der Waals surface area contributed by atoms with Crippen LogP contribution in [-0.4, -0.2) is 36.4 Å². The Hall–Kier alpha value is -0.610. The Morgan fingerprint density at radius 1 is 1.56 bits per heavy atom. The summed E-state index contributed by atoms with van der Waals surface area (Å²) in [6.07, 6.45) is 3.52. The van der Waals surface area contributed by atoms with Gasteiger partial charge < -0.3 is 15.2 Å². The summed E-state index contributed by atoms with van der Waals surface area (Å²) in [7, 11) is 0. The molecule has 4 heteroatoms. The van der Waals surface area contributed by atoms with Crippen LogP contribution in [0.3, 0.4) is 0 Å². The summed E-state index contributed by atoms with van der Waals surface area (Å²) in [5.41, 5.74) is -0.810. The van der Waals surface area contributed by atoms with E-state index in [1.165, 1.54) is 0 Å². The van der Waals surface area contributed by atoms with E-state index >= 15 is 0 Å². The summed E-state index contributed by atoms with van der Waals surface area (Å²) < 4.78 is 5.29. The average molecular weight is 257 g/mol. The first-order chi connectivity index (χ1) is 8.41. The van der Waals surface area contributed by atoms with Gasteiger partial charge in [-0.05, 0) is 38.5 Å². The van der Waals surface area contributed by atoms with E-state index < -0.39 is 5.60 Å². The molecule has 0 spiro atoms. The van der Waals surface area contributed by atoms with Crippen LogP contribution in [0.5, 0.6) is 0 Å². The van der Waals surface area contributed by atoms with Crippen LogP contribution in [0.4, 0.5) is 0 Å². The van der Waals surface area contributed by atoms with Crippen LogP contribution in [-0.2, 0) is 9.53 Å². The molecule has 0 aromatic heterocycles. The van der Waals surface area contributed by atoms with Crippen molar-refractivity contribution < 1.29 is 14.6 Å². The highest BCUT2D eigenvalue weighted by Gasteiger charge is 2.25. The molecule has 2 N–H and O–H groups in total. The molecule has 1 rings (SSSR count). The van der Waals surface area contributed by atoms with Crippen molar-refractivity contribution in [1.82, 2.24) is 5.32 Å². The Morgan fingerprint density at radius 3 is 2.83 bits per heavy atom. The summed E-state index contributed by atoms with van der Waals surface area (Å²) in [4.78, 5) is 11.9. The van der Waals surface area contributed by atoms with Crippen molar-refractivity contribution in [2.75, 3.05) is 19.8 Å². The normalized spacial score (nSPS) is 23.7. The summed E-state index contributed by atoms with van der Waals surface area (Å²) in [5, 5.41) is 13.0. The van der Waals surface area contributed by atoms with Crippen LogP contribution >= 0.6 is 0 Å². The van der Waals surface area contributed by atoms with E-state index in [2.05, 4.69) is 19.2 Å². The molecule has 2 unspecified atom stereocenters. The standard InChI is InChI=1S/C14H27NO3/c1-11(2)6-7-14(3,17)10-15-13(16)12-5-4-8-18-9-12/h11-12,17H,4-10H2,1-3H3,(H,15,16). The zero-order valence-electron chi connectivity index (χ0n) is 11.9. The maximum atomic E-state index is 11.9. The molecule has 0 aromatic rings. The summed E-state index contributed by atoms with van der Waals surface area (Å²) in [5.74, 6) is 0.540. The number of carbonyl (C=O) groups is 1. The third-order valence-electron chi connectivity index (χ3n) is 3.43. The molecule has 1 amide bonds. The number of hydrogen-bond acceptors (Lipinski definition) is 3. The number of nitrogens with one attached hydrogen (secondary N) is 1. The fourth-order valence-electron chi connectivity index (χ4n) is 2.06.